The van der Waals surface area contributed by atoms with Crippen LogP contribution in [0.5, 0.6) is 0 Å². The number of carbonyl (C=O) groups excluding carboxylic acids is 3. The number of hydrogen-bond acceptors (Lipinski definition) is 6. The first kappa shape index (κ1) is 21.0. The van der Waals surface area contributed by atoms with Gasteiger partial charge in [-0.05, 0) is 35.4 Å². The van der Waals surface area contributed by atoms with Gasteiger partial charge in [-0.25, -0.2) is 5.48 Å². The molecule has 2 aromatic rings. The molecule has 0 fully saturated rings. The summed E-state index contributed by atoms with van der Waals surface area (Å²) in [7, 11) is 0. The summed E-state index contributed by atoms with van der Waals surface area (Å²) in [6.07, 6.45) is 0.260. The molecule has 2 aromatic carbocycles. The van der Waals surface area contributed by atoms with E-state index in [1.54, 1.807) is 36.4 Å². The minimum Gasteiger partial charge on any atom is -0.339 e. The summed E-state index contributed by atoms with van der Waals surface area (Å²) in [5.74, 6) is -1.41. The van der Waals surface area contributed by atoms with Crippen molar-refractivity contribution in [1.29, 1.82) is 0 Å². The lowest BCUT2D eigenvalue weighted by Gasteiger charge is -2.14. The van der Waals surface area contributed by atoms with E-state index in [0.29, 0.717) is 17.8 Å². The van der Waals surface area contributed by atoms with Crippen LogP contribution in [0.4, 0.5) is 5.69 Å². The maximum atomic E-state index is 12.2. The standard InChI is InChI=1S/C19H23N5O4/c20-10-9-17(25)22-15-7-5-13(6-8-15)12-1-3-14(4-2-12)18(26)23-16(11-21)19(27)24-28/h1-8,16,28H,9-11,20-21H2,(H,22,25)(H,23,26)(H,24,27)/t16-/m0/s1. The highest BCUT2D eigenvalue weighted by molar-refractivity contribution is 5.98. The van der Waals surface area contributed by atoms with E-state index < -0.39 is 17.9 Å². The van der Waals surface area contributed by atoms with Gasteiger partial charge in [0, 0.05) is 30.8 Å². The number of nitrogens with two attached hydrogens (primary N) is 2. The molecule has 1 atom stereocenters. The molecule has 3 amide bonds. The predicted octanol–water partition coefficient (Wildman–Crippen LogP) is 0.203. The number of nitrogens with one attached hydrogen (secondary N) is 3. The molecule has 9 nitrogen and oxygen atoms in total. The van der Waals surface area contributed by atoms with Gasteiger partial charge in [0.2, 0.25) is 5.91 Å². The SMILES string of the molecule is NCCC(=O)Nc1ccc(-c2ccc(C(=O)N[C@@H](CN)C(=O)NO)cc2)cc1. The van der Waals surface area contributed by atoms with E-state index in [1.807, 2.05) is 12.1 Å². The Morgan fingerprint density at radius 1 is 0.929 bits per heavy atom. The summed E-state index contributed by atoms with van der Waals surface area (Å²) in [5.41, 5.74) is 15.0. The summed E-state index contributed by atoms with van der Waals surface area (Å²) in [5, 5.41) is 13.8. The van der Waals surface area contributed by atoms with Gasteiger partial charge in [0.25, 0.3) is 11.8 Å². The first-order chi connectivity index (χ1) is 13.5. The van der Waals surface area contributed by atoms with Gasteiger partial charge in [-0.2, -0.15) is 0 Å². The Kier molecular flexibility index (Phi) is 7.64. The van der Waals surface area contributed by atoms with Gasteiger partial charge in [-0.3, -0.25) is 19.6 Å². The summed E-state index contributed by atoms with van der Waals surface area (Å²) >= 11 is 0. The fourth-order valence-corrected chi connectivity index (χ4v) is 2.47. The van der Waals surface area contributed by atoms with E-state index in [1.165, 1.54) is 5.48 Å². The molecule has 0 saturated heterocycles. The second-order valence-electron chi connectivity index (χ2n) is 5.98. The molecule has 8 N–H and O–H groups in total. The van der Waals surface area contributed by atoms with Crippen LogP contribution < -0.4 is 27.6 Å². The van der Waals surface area contributed by atoms with E-state index in [4.69, 9.17) is 16.7 Å². The number of carbonyl (C=O) groups is 3. The molecule has 0 heterocycles. The van der Waals surface area contributed by atoms with Crippen LogP contribution in [0.2, 0.25) is 0 Å². The molecule has 0 unspecified atom stereocenters. The van der Waals surface area contributed by atoms with Gasteiger partial charge < -0.3 is 22.1 Å². The topological polar surface area (TPSA) is 160 Å². The van der Waals surface area contributed by atoms with Crippen LogP contribution in [-0.2, 0) is 9.59 Å². The number of amides is 3. The van der Waals surface area contributed by atoms with Gasteiger partial charge in [0.15, 0.2) is 0 Å². The quantitative estimate of drug-likeness (QED) is 0.281. The highest BCUT2D eigenvalue weighted by Gasteiger charge is 2.19. The fraction of sp³-hybridized carbons (Fsp3) is 0.211. The highest BCUT2D eigenvalue weighted by atomic mass is 16.5. The Bertz CT molecular complexity index is 821. The Labute approximate surface area is 162 Å². The Hall–Kier alpha value is -3.27. The maximum absolute atomic E-state index is 12.2. The van der Waals surface area contributed by atoms with Crippen molar-refractivity contribution >= 4 is 23.4 Å². The molecular weight excluding hydrogens is 362 g/mol. The lowest BCUT2D eigenvalue weighted by Crippen LogP contribution is -2.50. The minimum atomic E-state index is -1.03. The number of benzene rings is 2. The number of hydroxylamine groups is 1. The molecule has 0 radical (unpaired) electrons. The Morgan fingerprint density at radius 2 is 1.50 bits per heavy atom. The van der Waals surface area contributed by atoms with Gasteiger partial charge in [-0.15, -0.1) is 0 Å². The minimum absolute atomic E-state index is 0.142. The fourth-order valence-electron chi connectivity index (χ4n) is 2.47. The van der Waals surface area contributed by atoms with E-state index >= 15 is 0 Å². The van der Waals surface area contributed by atoms with Gasteiger partial charge >= 0.3 is 0 Å². The molecule has 0 aliphatic heterocycles. The molecule has 0 aromatic heterocycles. The van der Waals surface area contributed by atoms with Gasteiger partial charge in [0.1, 0.15) is 6.04 Å². The third-order valence-electron chi connectivity index (χ3n) is 3.99. The van der Waals surface area contributed by atoms with Crippen LogP contribution in [0.25, 0.3) is 11.1 Å². The molecule has 0 aliphatic carbocycles. The van der Waals surface area contributed by atoms with Crippen LogP contribution in [0.1, 0.15) is 16.8 Å². The zero-order valence-electron chi connectivity index (χ0n) is 15.1. The van der Waals surface area contributed by atoms with Crippen LogP contribution in [-0.4, -0.2) is 42.1 Å². The van der Waals surface area contributed by atoms with E-state index in [9.17, 15) is 14.4 Å². The van der Waals surface area contributed by atoms with Crippen molar-refractivity contribution in [3.8, 4) is 11.1 Å². The van der Waals surface area contributed by atoms with Crippen LogP contribution in [0.15, 0.2) is 48.5 Å². The smallest absolute Gasteiger partial charge is 0.267 e. The van der Waals surface area contributed by atoms with Crippen LogP contribution in [0.3, 0.4) is 0 Å². The normalized spacial score (nSPS) is 11.4. The molecule has 148 valence electrons. The van der Waals surface area contributed by atoms with Crippen molar-refractivity contribution in [2.75, 3.05) is 18.4 Å². The first-order valence-corrected chi connectivity index (χ1v) is 8.63. The molecule has 0 spiro atoms. The lowest BCUT2D eigenvalue weighted by atomic mass is 10.0. The van der Waals surface area contributed by atoms with Crippen LogP contribution >= 0.6 is 0 Å². The summed E-state index contributed by atoms with van der Waals surface area (Å²) in [6.45, 7) is 0.144. The number of rotatable bonds is 8. The Balaban J connectivity index is 2.04. The average molecular weight is 385 g/mol. The molecule has 0 bridgehead atoms. The summed E-state index contributed by atoms with van der Waals surface area (Å²) in [6, 6.07) is 13.0. The Morgan fingerprint density at radius 3 is 2.00 bits per heavy atom. The van der Waals surface area contributed by atoms with Crippen molar-refractivity contribution in [1.82, 2.24) is 10.8 Å². The molecule has 28 heavy (non-hydrogen) atoms. The monoisotopic (exact) mass is 385 g/mol. The average Bonchev–Trinajstić information content (AvgIpc) is 2.72. The second-order valence-corrected chi connectivity index (χ2v) is 5.98. The first-order valence-electron chi connectivity index (χ1n) is 8.63. The lowest BCUT2D eigenvalue weighted by molar-refractivity contribution is -0.130. The highest BCUT2D eigenvalue weighted by Crippen LogP contribution is 2.22. The van der Waals surface area contributed by atoms with Crippen molar-refractivity contribution < 1.29 is 19.6 Å². The number of hydrogen-bond donors (Lipinski definition) is 6. The van der Waals surface area contributed by atoms with E-state index in [-0.39, 0.29) is 18.9 Å². The molecular formula is C19H23N5O4. The molecule has 2 rings (SSSR count). The van der Waals surface area contributed by atoms with Crippen molar-refractivity contribution in [3.63, 3.8) is 0 Å². The molecule has 9 heteroatoms. The second kappa shape index (κ2) is 10.2. The van der Waals surface area contributed by atoms with Crippen molar-refractivity contribution in [2.45, 2.75) is 12.5 Å². The largest absolute Gasteiger partial charge is 0.339 e. The summed E-state index contributed by atoms with van der Waals surface area (Å²) < 4.78 is 0. The number of anilines is 1. The van der Waals surface area contributed by atoms with E-state index in [2.05, 4.69) is 10.6 Å². The maximum Gasteiger partial charge on any atom is 0.267 e. The summed E-state index contributed by atoms with van der Waals surface area (Å²) in [4.78, 5) is 35.1. The van der Waals surface area contributed by atoms with Gasteiger partial charge in [0.05, 0.1) is 0 Å². The van der Waals surface area contributed by atoms with Gasteiger partial charge in [-0.1, -0.05) is 24.3 Å². The van der Waals surface area contributed by atoms with Crippen LogP contribution in [0, 0.1) is 0 Å². The van der Waals surface area contributed by atoms with Crippen molar-refractivity contribution in [2.24, 2.45) is 11.5 Å². The zero-order valence-corrected chi connectivity index (χ0v) is 15.1. The predicted molar refractivity (Wildman–Crippen MR) is 104 cm³/mol. The third kappa shape index (κ3) is 5.61. The van der Waals surface area contributed by atoms with E-state index in [0.717, 1.165) is 11.1 Å². The molecule has 0 saturated carbocycles. The third-order valence-corrected chi connectivity index (χ3v) is 3.99. The molecule has 0 aliphatic rings. The zero-order chi connectivity index (χ0) is 20.5. The van der Waals surface area contributed by atoms with Crippen molar-refractivity contribution in [3.05, 3.63) is 54.1 Å².